The van der Waals surface area contributed by atoms with Crippen LogP contribution in [0.3, 0.4) is 0 Å². The van der Waals surface area contributed by atoms with Crippen LogP contribution in [-0.2, 0) is 47.4 Å². The van der Waals surface area contributed by atoms with Crippen molar-refractivity contribution in [1.29, 1.82) is 0 Å². The Bertz CT molecular complexity index is 989. The zero-order valence-electron chi connectivity index (χ0n) is 18.4. The molecule has 0 amide bonds. The zero-order valence-corrected chi connectivity index (χ0v) is 18.4. The number of aliphatic carboxylic acids is 1. The Hall–Kier alpha value is -3.88. The summed E-state index contributed by atoms with van der Waals surface area (Å²) in [4.78, 5) is 33.8. The first-order valence-electron chi connectivity index (χ1n) is 9.71. The number of oxime groups is 2. The Balaban J connectivity index is 2.13. The maximum Gasteiger partial charge on any atom is 0.357 e. The van der Waals surface area contributed by atoms with Crippen molar-refractivity contribution in [3.05, 3.63) is 71.3 Å². The zero-order chi connectivity index (χ0) is 23.6. The molecular weight excluding hydrogens is 416 g/mol. The summed E-state index contributed by atoms with van der Waals surface area (Å²) in [6.45, 7) is 3.25. The number of carbonyl (C=O) groups is 2. The van der Waals surface area contributed by atoms with Crippen molar-refractivity contribution in [3.63, 3.8) is 0 Å². The number of benzene rings is 2. The first kappa shape index (κ1) is 24.4. The first-order chi connectivity index (χ1) is 15.3. The van der Waals surface area contributed by atoms with Crippen LogP contribution in [0.4, 0.5) is 0 Å². The lowest BCUT2D eigenvalue weighted by Crippen LogP contribution is -2.35. The second-order valence-corrected chi connectivity index (χ2v) is 6.85. The maximum absolute atomic E-state index is 12.4. The molecule has 9 heteroatoms. The number of carbonyl (C=O) groups excluding carboxylic acids is 1. The Morgan fingerprint density at radius 1 is 0.969 bits per heavy atom. The predicted molar refractivity (Wildman–Crippen MR) is 117 cm³/mol. The van der Waals surface area contributed by atoms with Crippen LogP contribution < -0.4 is 0 Å². The van der Waals surface area contributed by atoms with Gasteiger partial charge in [0, 0.05) is 18.9 Å². The van der Waals surface area contributed by atoms with Crippen molar-refractivity contribution in [2.75, 3.05) is 14.2 Å². The van der Waals surface area contributed by atoms with E-state index in [-0.39, 0.29) is 24.6 Å². The fraction of sp³-hybridized carbons (Fsp3) is 0.304. The highest BCUT2D eigenvalue weighted by Crippen LogP contribution is 2.27. The van der Waals surface area contributed by atoms with E-state index in [0.29, 0.717) is 11.1 Å². The summed E-state index contributed by atoms with van der Waals surface area (Å²) in [7, 11) is 2.56. The molecule has 1 atom stereocenters. The van der Waals surface area contributed by atoms with Crippen LogP contribution in [0, 0.1) is 0 Å². The number of hydrogen-bond donors (Lipinski definition) is 1. The summed E-state index contributed by atoms with van der Waals surface area (Å²) in [6, 6.07) is 16.0. The molecule has 0 bridgehead atoms. The number of hydrogen-bond acceptors (Lipinski definition) is 8. The molecule has 0 aliphatic rings. The van der Waals surface area contributed by atoms with Crippen LogP contribution >= 0.6 is 0 Å². The second kappa shape index (κ2) is 11.5. The van der Waals surface area contributed by atoms with E-state index in [9.17, 15) is 14.7 Å². The van der Waals surface area contributed by atoms with Gasteiger partial charge in [-0.1, -0.05) is 64.9 Å². The van der Waals surface area contributed by atoms with Gasteiger partial charge in [-0.3, -0.25) is 0 Å². The summed E-state index contributed by atoms with van der Waals surface area (Å²) in [6.07, 6.45) is 0.0593. The van der Waals surface area contributed by atoms with E-state index in [2.05, 4.69) is 15.1 Å². The van der Waals surface area contributed by atoms with Gasteiger partial charge in [0.2, 0.25) is 5.90 Å². The largest absolute Gasteiger partial charge is 0.477 e. The summed E-state index contributed by atoms with van der Waals surface area (Å²) in [5.41, 5.74) is 0.442. The molecule has 0 saturated heterocycles. The molecule has 0 saturated carbocycles. The third-order valence-electron chi connectivity index (χ3n) is 4.62. The molecule has 0 aromatic heterocycles. The van der Waals surface area contributed by atoms with Crippen molar-refractivity contribution in [2.24, 2.45) is 10.3 Å². The van der Waals surface area contributed by atoms with Crippen LogP contribution in [0.25, 0.3) is 0 Å². The molecule has 0 aliphatic carbocycles. The van der Waals surface area contributed by atoms with E-state index in [1.165, 1.54) is 14.2 Å². The normalized spacial score (nSPS) is 13.6. The molecule has 0 aliphatic heterocycles. The highest BCUT2D eigenvalue weighted by atomic mass is 16.7. The number of esters is 1. The van der Waals surface area contributed by atoms with Gasteiger partial charge in [-0.25, -0.2) is 9.59 Å². The van der Waals surface area contributed by atoms with Crippen LogP contribution in [0.15, 0.2) is 64.9 Å². The van der Waals surface area contributed by atoms with Gasteiger partial charge in [0.15, 0.2) is 5.71 Å². The minimum Gasteiger partial charge on any atom is -0.477 e. The summed E-state index contributed by atoms with van der Waals surface area (Å²) < 4.78 is 10.5. The number of carboxylic acid groups (broad SMARTS) is 1. The Labute approximate surface area is 186 Å². The average Bonchev–Trinajstić information content (AvgIpc) is 2.81. The maximum atomic E-state index is 12.4. The Morgan fingerprint density at radius 3 is 2.19 bits per heavy atom. The quantitative estimate of drug-likeness (QED) is 0.260. The monoisotopic (exact) mass is 442 g/mol. The Morgan fingerprint density at radius 2 is 1.59 bits per heavy atom. The first-order valence-corrected chi connectivity index (χ1v) is 9.71. The van der Waals surface area contributed by atoms with Gasteiger partial charge in [0.25, 0.3) is 5.60 Å². The number of ether oxygens (including phenoxy) is 2. The molecule has 2 rings (SSSR count). The minimum atomic E-state index is -1.45. The van der Waals surface area contributed by atoms with Crippen molar-refractivity contribution < 1.29 is 33.8 Å². The van der Waals surface area contributed by atoms with Gasteiger partial charge in [-0.05, 0) is 18.1 Å². The second-order valence-electron chi connectivity index (χ2n) is 6.85. The van der Waals surface area contributed by atoms with Gasteiger partial charge in [-0.15, -0.1) is 0 Å². The lowest BCUT2D eigenvalue weighted by atomic mass is 9.96. The summed E-state index contributed by atoms with van der Waals surface area (Å²) in [5.74, 6) is -1.60. The van der Waals surface area contributed by atoms with E-state index in [1.54, 1.807) is 56.3 Å². The van der Waals surface area contributed by atoms with Crippen molar-refractivity contribution in [2.45, 2.75) is 32.5 Å². The van der Waals surface area contributed by atoms with Gasteiger partial charge in [0.05, 0.1) is 7.11 Å². The molecular formula is C23H26N2O7. The lowest BCUT2D eigenvalue weighted by Gasteiger charge is -2.24. The molecule has 170 valence electrons. The summed E-state index contributed by atoms with van der Waals surface area (Å²) >= 11 is 0. The van der Waals surface area contributed by atoms with Crippen LogP contribution in [-0.4, -0.2) is 42.9 Å². The van der Waals surface area contributed by atoms with E-state index in [4.69, 9.17) is 14.3 Å². The van der Waals surface area contributed by atoms with Crippen molar-refractivity contribution >= 4 is 23.5 Å². The molecule has 1 N–H and O–H groups in total. The van der Waals surface area contributed by atoms with Crippen LogP contribution in [0.5, 0.6) is 0 Å². The molecule has 0 heterocycles. The molecule has 32 heavy (non-hydrogen) atoms. The fourth-order valence-electron chi connectivity index (χ4n) is 2.83. The van der Waals surface area contributed by atoms with E-state index < -0.39 is 17.5 Å². The number of nitrogens with zero attached hydrogens (tertiary/aromatic N) is 2. The van der Waals surface area contributed by atoms with Gasteiger partial charge in [-0.2, -0.15) is 0 Å². The van der Waals surface area contributed by atoms with Crippen molar-refractivity contribution in [1.82, 2.24) is 0 Å². The molecule has 9 nitrogen and oxygen atoms in total. The van der Waals surface area contributed by atoms with Crippen LogP contribution in [0.1, 0.15) is 30.5 Å². The predicted octanol–water partition coefficient (Wildman–Crippen LogP) is 3.27. The van der Waals surface area contributed by atoms with E-state index in [0.717, 1.165) is 5.56 Å². The van der Waals surface area contributed by atoms with Crippen LogP contribution in [0.2, 0.25) is 0 Å². The van der Waals surface area contributed by atoms with E-state index in [1.807, 2.05) is 12.1 Å². The molecule has 0 spiro atoms. The van der Waals surface area contributed by atoms with Gasteiger partial charge in [0.1, 0.15) is 13.7 Å². The molecule has 1 unspecified atom stereocenters. The molecule has 2 aromatic carbocycles. The van der Waals surface area contributed by atoms with Crippen molar-refractivity contribution in [3.8, 4) is 0 Å². The number of rotatable bonds is 10. The summed E-state index contributed by atoms with van der Waals surface area (Å²) in [5, 5.41) is 16.8. The third-order valence-corrected chi connectivity index (χ3v) is 4.62. The average molecular weight is 442 g/mol. The smallest absolute Gasteiger partial charge is 0.357 e. The number of carboxylic acids is 1. The highest BCUT2D eigenvalue weighted by molar-refractivity contribution is 6.35. The van der Waals surface area contributed by atoms with Gasteiger partial charge < -0.3 is 24.3 Å². The minimum absolute atomic E-state index is 0.0593. The topological polar surface area (TPSA) is 116 Å². The van der Waals surface area contributed by atoms with E-state index >= 15 is 0 Å². The lowest BCUT2D eigenvalue weighted by molar-refractivity contribution is -0.169. The highest BCUT2D eigenvalue weighted by Gasteiger charge is 2.40. The van der Waals surface area contributed by atoms with Gasteiger partial charge >= 0.3 is 11.9 Å². The third kappa shape index (κ3) is 6.31. The molecule has 2 aromatic rings. The SMILES string of the molecule is CON=C(Cc1ccccc1COC(C)=NOC(C)(C(=O)OC)c1ccccc1)C(=O)O. The number of methoxy groups -OCH3 is 1. The molecule has 0 radical (unpaired) electrons. The Kier molecular flexibility index (Phi) is 8.76. The molecule has 0 fully saturated rings. The fourth-order valence-corrected chi connectivity index (χ4v) is 2.83. The standard InChI is InChI=1S/C23H26N2O7/c1-16(24-32-23(2,22(28)29-3)19-12-6-5-7-13-19)31-15-18-11-9-8-10-17(18)14-20(21(26)27)25-30-4/h5-13H,14-15H2,1-4H3,(H,26,27).